The van der Waals surface area contributed by atoms with Crippen LogP contribution >= 0.6 is 0 Å². The first-order valence-electron chi connectivity index (χ1n) is 3.09. The summed E-state index contributed by atoms with van der Waals surface area (Å²) in [6, 6.07) is 0. The lowest BCUT2D eigenvalue weighted by Crippen LogP contribution is -2.13. The second-order valence-corrected chi connectivity index (χ2v) is 1.75. The van der Waals surface area contributed by atoms with Crippen molar-refractivity contribution in [2.45, 2.75) is 6.10 Å². The highest BCUT2D eigenvalue weighted by Crippen LogP contribution is 1.90. The van der Waals surface area contributed by atoms with E-state index in [2.05, 4.69) is 20.1 Å². The van der Waals surface area contributed by atoms with E-state index in [9.17, 15) is 0 Å². The van der Waals surface area contributed by atoms with E-state index in [1.54, 1.807) is 6.08 Å². The fourth-order valence-electron chi connectivity index (χ4n) is 0.458. The molecule has 0 amide bonds. The molecular weight excluding hydrogens is 128 g/mol. The first-order valence-corrected chi connectivity index (χ1v) is 3.09. The SMILES string of the molecule is [CH2]C(COCC=C)OC=C. The van der Waals surface area contributed by atoms with Gasteiger partial charge in [0, 0.05) is 0 Å². The molecule has 0 fully saturated rings. The Morgan fingerprint density at radius 2 is 2.10 bits per heavy atom. The summed E-state index contributed by atoms with van der Waals surface area (Å²) in [6.07, 6.45) is 2.87. The molecule has 10 heavy (non-hydrogen) atoms. The molecule has 0 aromatic heterocycles. The number of hydrogen-bond acceptors (Lipinski definition) is 2. The van der Waals surface area contributed by atoms with Crippen molar-refractivity contribution in [1.82, 2.24) is 0 Å². The fraction of sp³-hybridized carbons (Fsp3) is 0.375. The van der Waals surface area contributed by atoms with E-state index in [0.717, 1.165) is 0 Å². The van der Waals surface area contributed by atoms with Gasteiger partial charge in [0.15, 0.2) is 0 Å². The van der Waals surface area contributed by atoms with Gasteiger partial charge in [-0.1, -0.05) is 12.7 Å². The Morgan fingerprint density at radius 3 is 2.60 bits per heavy atom. The Morgan fingerprint density at radius 1 is 1.40 bits per heavy atom. The van der Waals surface area contributed by atoms with Gasteiger partial charge in [-0.3, -0.25) is 0 Å². The van der Waals surface area contributed by atoms with Gasteiger partial charge in [-0.2, -0.15) is 0 Å². The Bertz CT molecular complexity index is 99.4. The van der Waals surface area contributed by atoms with Crippen LogP contribution in [0.3, 0.4) is 0 Å². The van der Waals surface area contributed by atoms with Gasteiger partial charge in [0.25, 0.3) is 0 Å². The molecule has 2 nitrogen and oxygen atoms in total. The smallest absolute Gasteiger partial charge is 0.121 e. The summed E-state index contributed by atoms with van der Waals surface area (Å²) < 4.78 is 9.93. The van der Waals surface area contributed by atoms with Gasteiger partial charge in [-0.25, -0.2) is 0 Å². The minimum Gasteiger partial charge on any atom is -0.496 e. The summed E-state index contributed by atoms with van der Waals surface area (Å²) in [6.45, 7) is 11.5. The average Bonchev–Trinajstić information content (AvgIpc) is 1.89. The zero-order chi connectivity index (χ0) is 7.82. The van der Waals surface area contributed by atoms with E-state index in [1.165, 1.54) is 6.26 Å². The molecular formula is C8H13O2. The molecule has 0 saturated carbocycles. The number of ether oxygens (including phenoxy) is 2. The molecule has 57 valence electrons. The summed E-state index contributed by atoms with van der Waals surface area (Å²) in [4.78, 5) is 0. The van der Waals surface area contributed by atoms with Crippen molar-refractivity contribution < 1.29 is 9.47 Å². The van der Waals surface area contributed by atoms with Crippen LogP contribution in [0.5, 0.6) is 0 Å². The van der Waals surface area contributed by atoms with Gasteiger partial charge in [0.2, 0.25) is 0 Å². The third kappa shape index (κ3) is 5.38. The van der Waals surface area contributed by atoms with E-state index >= 15 is 0 Å². The lowest BCUT2D eigenvalue weighted by molar-refractivity contribution is 0.0629. The zero-order valence-corrected chi connectivity index (χ0v) is 6.08. The molecule has 2 heteroatoms. The minimum absolute atomic E-state index is 0.169. The van der Waals surface area contributed by atoms with Crippen LogP contribution in [0.25, 0.3) is 0 Å². The van der Waals surface area contributed by atoms with Gasteiger partial charge < -0.3 is 9.47 Å². The highest BCUT2D eigenvalue weighted by Gasteiger charge is 1.97. The molecule has 1 atom stereocenters. The first-order chi connectivity index (χ1) is 4.81. The van der Waals surface area contributed by atoms with E-state index in [0.29, 0.717) is 13.2 Å². The van der Waals surface area contributed by atoms with Crippen molar-refractivity contribution in [3.63, 3.8) is 0 Å². The van der Waals surface area contributed by atoms with Crippen LogP contribution < -0.4 is 0 Å². The molecule has 0 bridgehead atoms. The highest BCUT2D eigenvalue weighted by atomic mass is 16.5. The summed E-state index contributed by atoms with van der Waals surface area (Å²) in [5.74, 6) is 0. The second-order valence-electron chi connectivity index (χ2n) is 1.75. The van der Waals surface area contributed by atoms with Crippen LogP contribution in [-0.4, -0.2) is 19.3 Å². The van der Waals surface area contributed by atoms with Crippen molar-refractivity contribution in [3.8, 4) is 0 Å². The number of rotatable bonds is 6. The van der Waals surface area contributed by atoms with E-state index in [-0.39, 0.29) is 6.10 Å². The standard InChI is InChI=1S/C8H13O2/c1-4-6-9-7-8(3)10-5-2/h4-5,8H,1-3,6-7H2. The number of hydrogen-bond donors (Lipinski definition) is 0. The van der Waals surface area contributed by atoms with Gasteiger partial charge in [0.1, 0.15) is 6.10 Å². The molecule has 0 aromatic carbocycles. The molecule has 0 saturated heterocycles. The highest BCUT2D eigenvalue weighted by molar-refractivity contribution is 4.67. The van der Waals surface area contributed by atoms with Gasteiger partial charge in [0.05, 0.1) is 19.5 Å². The van der Waals surface area contributed by atoms with Crippen LogP contribution in [0.2, 0.25) is 0 Å². The second kappa shape index (κ2) is 6.36. The summed E-state index contributed by atoms with van der Waals surface area (Å²) in [7, 11) is 0. The third-order valence-electron chi connectivity index (χ3n) is 0.828. The molecule has 0 N–H and O–H groups in total. The predicted molar refractivity (Wildman–Crippen MR) is 41.4 cm³/mol. The third-order valence-corrected chi connectivity index (χ3v) is 0.828. The molecule has 0 aromatic rings. The normalized spacial score (nSPS) is 12.1. The zero-order valence-electron chi connectivity index (χ0n) is 6.08. The maximum Gasteiger partial charge on any atom is 0.121 e. The fourth-order valence-corrected chi connectivity index (χ4v) is 0.458. The van der Waals surface area contributed by atoms with Crippen molar-refractivity contribution in [2.24, 2.45) is 0 Å². The van der Waals surface area contributed by atoms with Gasteiger partial charge in [-0.05, 0) is 6.92 Å². The Labute approximate surface area is 62.1 Å². The van der Waals surface area contributed by atoms with Crippen molar-refractivity contribution >= 4 is 0 Å². The monoisotopic (exact) mass is 141 g/mol. The van der Waals surface area contributed by atoms with E-state index in [4.69, 9.17) is 9.47 Å². The van der Waals surface area contributed by atoms with E-state index < -0.39 is 0 Å². The first kappa shape index (κ1) is 9.24. The minimum atomic E-state index is -0.169. The average molecular weight is 141 g/mol. The topological polar surface area (TPSA) is 18.5 Å². The Hall–Kier alpha value is -0.760. The Kier molecular flexibility index (Phi) is 5.88. The largest absolute Gasteiger partial charge is 0.496 e. The molecule has 0 spiro atoms. The maximum absolute atomic E-state index is 5.04. The van der Waals surface area contributed by atoms with Crippen LogP contribution in [-0.2, 0) is 9.47 Å². The molecule has 0 heterocycles. The van der Waals surface area contributed by atoms with Crippen LogP contribution in [0.1, 0.15) is 0 Å². The van der Waals surface area contributed by atoms with Crippen LogP contribution in [0.15, 0.2) is 25.5 Å². The van der Waals surface area contributed by atoms with Gasteiger partial charge >= 0.3 is 0 Å². The van der Waals surface area contributed by atoms with Crippen LogP contribution in [0.4, 0.5) is 0 Å². The lowest BCUT2D eigenvalue weighted by atomic mass is 10.4. The lowest BCUT2D eigenvalue weighted by Gasteiger charge is -2.09. The van der Waals surface area contributed by atoms with Crippen molar-refractivity contribution in [2.75, 3.05) is 13.2 Å². The summed E-state index contributed by atoms with van der Waals surface area (Å²) >= 11 is 0. The molecule has 0 aliphatic heterocycles. The molecule has 0 rings (SSSR count). The maximum atomic E-state index is 5.04. The van der Waals surface area contributed by atoms with E-state index in [1.807, 2.05) is 0 Å². The predicted octanol–water partition coefficient (Wildman–Crippen LogP) is 1.55. The molecule has 0 aliphatic carbocycles. The molecule has 1 radical (unpaired) electrons. The van der Waals surface area contributed by atoms with Gasteiger partial charge in [-0.15, -0.1) is 6.58 Å². The molecule has 1 unspecified atom stereocenters. The van der Waals surface area contributed by atoms with Crippen molar-refractivity contribution in [1.29, 1.82) is 0 Å². The quantitative estimate of drug-likeness (QED) is 0.317. The Balaban J connectivity index is 3.11. The summed E-state index contributed by atoms with van der Waals surface area (Å²) in [5.41, 5.74) is 0. The van der Waals surface area contributed by atoms with Crippen molar-refractivity contribution in [3.05, 3.63) is 32.4 Å². The molecule has 0 aliphatic rings. The summed E-state index contributed by atoms with van der Waals surface area (Å²) in [5, 5.41) is 0. The van der Waals surface area contributed by atoms with Crippen LogP contribution in [0, 0.1) is 6.92 Å².